The van der Waals surface area contributed by atoms with Crippen LogP contribution in [-0.4, -0.2) is 15.0 Å². The second kappa shape index (κ2) is 20.1. The SMILES string of the molecule is O=P(c1ccccc1)(c1ccccc1)c1cccc(-c2ccc(C3(c4ccc(-c5nc(-c6ccc(-c7ccccc7)cc6)nc(-c6c7ccccc7c(-c7ccccc7)c7ccccc67)n5)cc4)CCCCC3)cc2)c1. The van der Waals surface area contributed by atoms with Crippen molar-refractivity contribution in [1.29, 1.82) is 0 Å². The molecular weight excluding hydrogens is 942 g/mol. The summed E-state index contributed by atoms with van der Waals surface area (Å²) in [7, 11) is -3.13. The van der Waals surface area contributed by atoms with Gasteiger partial charge in [-0.25, -0.2) is 15.0 Å². The fraction of sp³-hybridized carbons (Fsp3) is 0.0845. The van der Waals surface area contributed by atoms with Crippen molar-refractivity contribution in [3.63, 3.8) is 0 Å². The molecule has 1 aliphatic carbocycles. The first-order valence-corrected chi connectivity index (χ1v) is 28.2. The van der Waals surface area contributed by atoms with E-state index in [1.165, 1.54) is 28.7 Å². The van der Waals surface area contributed by atoms with Gasteiger partial charge in [-0.15, -0.1) is 0 Å². The van der Waals surface area contributed by atoms with E-state index >= 15 is 4.57 Å². The second-order valence-corrected chi connectivity index (χ2v) is 22.9. The predicted molar refractivity (Wildman–Crippen MR) is 317 cm³/mol. The molecule has 364 valence electrons. The van der Waals surface area contributed by atoms with Gasteiger partial charge in [-0.2, -0.15) is 0 Å². The Morgan fingerprint density at radius 2 is 0.645 bits per heavy atom. The lowest BCUT2D eigenvalue weighted by atomic mass is 9.65. The Hall–Kier alpha value is -8.82. The van der Waals surface area contributed by atoms with E-state index in [0.717, 1.165) is 102 Å². The molecule has 0 atom stereocenters. The molecule has 0 spiro atoms. The third-order valence-electron chi connectivity index (χ3n) is 15.7. The summed E-state index contributed by atoms with van der Waals surface area (Å²) < 4.78 is 15.3. The Kier molecular flexibility index (Phi) is 12.4. The van der Waals surface area contributed by atoms with E-state index in [2.05, 4.69) is 188 Å². The average molecular weight is 996 g/mol. The average Bonchev–Trinajstić information content (AvgIpc) is 3.53. The summed E-state index contributed by atoms with van der Waals surface area (Å²) in [6, 6.07) is 93.5. The van der Waals surface area contributed by atoms with Gasteiger partial charge < -0.3 is 4.57 Å². The Balaban J connectivity index is 0.895. The zero-order chi connectivity index (χ0) is 50.9. The highest BCUT2D eigenvalue weighted by molar-refractivity contribution is 7.85. The summed E-state index contributed by atoms with van der Waals surface area (Å²) in [5, 5.41) is 6.99. The highest BCUT2D eigenvalue weighted by Crippen LogP contribution is 2.48. The van der Waals surface area contributed by atoms with Crippen LogP contribution in [-0.2, 0) is 9.98 Å². The number of nitrogens with zero attached hydrogens (tertiary/aromatic N) is 3. The minimum Gasteiger partial charge on any atom is -0.309 e. The van der Waals surface area contributed by atoms with Gasteiger partial charge in [-0.3, -0.25) is 0 Å². The van der Waals surface area contributed by atoms with Crippen molar-refractivity contribution in [3.05, 3.63) is 278 Å². The molecule has 13 rings (SSSR count). The highest BCUT2D eigenvalue weighted by Gasteiger charge is 2.36. The van der Waals surface area contributed by atoms with Gasteiger partial charge in [0.05, 0.1) is 0 Å². The molecule has 1 fully saturated rings. The Labute approximate surface area is 444 Å². The molecule has 0 radical (unpaired) electrons. The molecule has 0 amide bonds. The van der Waals surface area contributed by atoms with Gasteiger partial charge in [0.2, 0.25) is 0 Å². The maximum atomic E-state index is 15.3. The van der Waals surface area contributed by atoms with Gasteiger partial charge in [-0.05, 0) is 85.0 Å². The lowest BCUT2D eigenvalue weighted by Gasteiger charge is -2.39. The molecule has 0 N–H and O–H groups in total. The standard InChI is InChI=1S/C71H54N3OP/c75-76(59-26-10-3-11-27-59,60-28-12-4-13-29-60)61-30-20-25-56(49-61)52-39-43-57(44-40-52)71(47-18-5-19-48-71)58-45-41-55(42-46-58)69-72-68(54-37-35-51(36-38-54)50-21-6-1-7-22-50)73-70(74-69)67-64-33-16-14-31-62(64)66(53-23-8-2-9-24-53)63-32-15-17-34-65(63)67/h1-4,6-17,20-46,49H,5,18-19,47-48H2. The van der Waals surface area contributed by atoms with E-state index in [1.807, 2.05) is 78.9 Å². The lowest BCUT2D eigenvalue weighted by molar-refractivity contribution is 0.346. The Bertz CT molecular complexity index is 3960. The smallest absolute Gasteiger partial charge is 0.171 e. The van der Waals surface area contributed by atoms with Gasteiger partial charge in [0.15, 0.2) is 24.6 Å². The Morgan fingerprint density at radius 1 is 0.289 bits per heavy atom. The van der Waals surface area contributed by atoms with Crippen molar-refractivity contribution in [2.24, 2.45) is 0 Å². The number of fused-ring (bicyclic) bond motifs is 2. The lowest BCUT2D eigenvalue weighted by Crippen LogP contribution is -2.30. The van der Waals surface area contributed by atoms with Gasteiger partial charge in [0.1, 0.15) is 0 Å². The predicted octanol–water partition coefficient (Wildman–Crippen LogP) is 17.1. The molecule has 4 nitrogen and oxygen atoms in total. The van der Waals surface area contributed by atoms with Crippen molar-refractivity contribution in [3.8, 4) is 67.5 Å². The van der Waals surface area contributed by atoms with Crippen LogP contribution in [0.4, 0.5) is 0 Å². The van der Waals surface area contributed by atoms with Crippen LogP contribution in [0.15, 0.2) is 267 Å². The molecule has 1 saturated carbocycles. The van der Waals surface area contributed by atoms with Crippen LogP contribution in [0.1, 0.15) is 43.2 Å². The number of hydrogen-bond acceptors (Lipinski definition) is 4. The molecule has 76 heavy (non-hydrogen) atoms. The molecular formula is C71H54N3OP. The minimum absolute atomic E-state index is 0.151. The minimum atomic E-state index is -3.13. The first kappa shape index (κ1) is 46.9. The molecule has 1 aromatic heterocycles. The Morgan fingerprint density at radius 3 is 1.16 bits per heavy atom. The van der Waals surface area contributed by atoms with Crippen molar-refractivity contribution in [2.45, 2.75) is 37.5 Å². The topological polar surface area (TPSA) is 55.7 Å². The summed E-state index contributed by atoms with van der Waals surface area (Å²) in [5.74, 6) is 1.90. The molecule has 0 unspecified atom stereocenters. The van der Waals surface area contributed by atoms with Crippen LogP contribution in [0.3, 0.4) is 0 Å². The summed E-state index contributed by atoms with van der Waals surface area (Å²) in [6.45, 7) is 0. The van der Waals surface area contributed by atoms with Crippen LogP contribution in [0.5, 0.6) is 0 Å². The molecule has 11 aromatic carbocycles. The summed E-state index contributed by atoms with van der Waals surface area (Å²) in [4.78, 5) is 16.1. The molecule has 5 heteroatoms. The monoisotopic (exact) mass is 995 g/mol. The number of hydrogen-bond donors (Lipinski definition) is 0. The summed E-state index contributed by atoms with van der Waals surface area (Å²) >= 11 is 0. The first-order valence-electron chi connectivity index (χ1n) is 26.5. The number of rotatable bonds is 11. The summed E-state index contributed by atoms with van der Waals surface area (Å²) in [6.07, 6.45) is 5.68. The third-order valence-corrected chi connectivity index (χ3v) is 18.8. The fourth-order valence-electron chi connectivity index (χ4n) is 11.9. The van der Waals surface area contributed by atoms with Crippen LogP contribution < -0.4 is 15.9 Å². The van der Waals surface area contributed by atoms with Crippen LogP contribution in [0, 0.1) is 0 Å². The highest BCUT2D eigenvalue weighted by atomic mass is 31.2. The van der Waals surface area contributed by atoms with E-state index in [4.69, 9.17) is 15.0 Å². The molecule has 0 saturated heterocycles. The van der Waals surface area contributed by atoms with E-state index in [1.54, 1.807) is 0 Å². The third kappa shape index (κ3) is 8.55. The zero-order valence-electron chi connectivity index (χ0n) is 42.1. The largest absolute Gasteiger partial charge is 0.309 e. The van der Waals surface area contributed by atoms with Gasteiger partial charge in [0.25, 0.3) is 0 Å². The zero-order valence-corrected chi connectivity index (χ0v) is 43.0. The maximum absolute atomic E-state index is 15.3. The van der Waals surface area contributed by atoms with Crippen LogP contribution in [0.2, 0.25) is 0 Å². The molecule has 0 bridgehead atoms. The van der Waals surface area contributed by atoms with Crippen molar-refractivity contribution < 1.29 is 4.57 Å². The van der Waals surface area contributed by atoms with Gasteiger partial charge >= 0.3 is 0 Å². The molecule has 1 aliphatic rings. The molecule has 12 aromatic rings. The van der Waals surface area contributed by atoms with Crippen molar-refractivity contribution in [2.75, 3.05) is 0 Å². The fourth-order valence-corrected chi connectivity index (χ4v) is 14.6. The number of benzene rings is 11. The van der Waals surface area contributed by atoms with E-state index in [0.29, 0.717) is 17.5 Å². The quantitative estimate of drug-likeness (QED) is 0.0957. The van der Waals surface area contributed by atoms with Crippen LogP contribution in [0.25, 0.3) is 89.1 Å². The van der Waals surface area contributed by atoms with E-state index in [-0.39, 0.29) is 5.41 Å². The van der Waals surface area contributed by atoms with Crippen molar-refractivity contribution >= 4 is 44.6 Å². The van der Waals surface area contributed by atoms with Crippen LogP contribution >= 0.6 is 7.14 Å². The maximum Gasteiger partial charge on any atom is 0.171 e. The van der Waals surface area contributed by atoms with E-state index < -0.39 is 7.14 Å². The van der Waals surface area contributed by atoms with E-state index in [9.17, 15) is 0 Å². The second-order valence-electron chi connectivity index (χ2n) is 20.1. The molecule has 1 heterocycles. The van der Waals surface area contributed by atoms with Gasteiger partial charge in [0, 0.05) is 38.0 Å². The van der Waals surface area contributed by atoms with Crippen molar-refractivity contribution in [1.82, 2.24) is 15.0 Å². The number of aromatic nitrogens is 3. The first-order chi connectivity index (χ1) is 37.5. The molecule has 0 aliphatic heterocycles. The van der Waals surface area contributed by atoms with Gasteiger partial charge in [-0.1, -0.05) is 280 Å². The summed E-state index contributed by atoms with van der Waals surface area (Å²) in [5.41, 5.74) is 12.2. The normalized spacial score (nSPS) is 13.4.